The van der Waals surface area contributed by atoms with E-state index in [4.69, 9.17) is 11.6 Å². The lowest BCUT2D eigenvalue weighted by Gasteiger charge is -2.07. The Bertz CT molecular complexity index is 535. The van der Waals surface area contributed by atoms with Gasteiger partial charge in [0.1, 0.15) is 10.0 Å². The molecule has 0 atom stereocenters. The van der Waals surface area contributed by atoms with Gasteiger partial charge in [-0.1, -0.05) is 11.6 Å². The van der Waals surface area contributed by atoms with Gasteiger partial charge in [-0.05, 0) is 22.0 Å². The third-order valence-electron chi connectivity index (χ3n) is 1.76. The van der Waals surface area contributed by atoms with Crippen LogP contribution in [0, 0.1) is 0 Å². The van der Waals surface area contributed by atoms with Gasteiger partial charge in [-0.15, -0.1) is 0 Å². The van der Waals surface area contributed by atoms with E-state index < -0.39 is 15.9 Å². The summed E-state index contributed by atoms with van der Waals surface area (Å²) >= 11 is 8.77. The second-order valence-electron chi connectivity index (χ2n) is 2.94. The number of halogens is 2. The van der Waals surface area contributed by atoms with Gasteiger partial charge in [-0.3, -0.25) is 4.79 Å². The second-order valence-corrected chi connectivity index (χ2v) is 5.95. The number of pyridine rings is 1. The van der Waals surface area contributed by atoms with Crippen LogP contribution in [0.5, 0.6) is 0 Å². The summed E-state index contributed by atoms with van der Waals surface area (Å²) in [6.45, 7) is -0.359. The number of rotatable bonds is 4. The molecule has 17 heavy (non-hydrogen) atoms. The summed E-state index contributed by atoms with van der Waals surface area (Å²) in [4.78, 5) is 14.5. The molecule has 0 bridgehead atoms. The summed E-state index contributed by atoms with van der Waals surface area (Å²) in [6, 6.07) is 1.31. The van der Waals surface area contributed by atoms with Crippen molar-refractivity contribution in [1.29, 1.82) is 0 Å². The lowest BCUT2D eigenvalue weighted by molar-refractivity contribution is -0.119. The van der Waals surface area contributed by atoms with Gasteiger partial charge in [0.15, 0.2) is 0 Å². The van der Waals surface area contributed by atoms with E-state index in [1.165, 1.54) is 19.3 Å². The van der Waals surface area contributed by atoms with Crippen molar-refractivity contribution in [3.8, 4) is 0 Å². The molecular formula is C8H9BrClN3O3S. The first-order chi connectivity index (χ1) is 7.86. The Hall–Kier alpha value is -0.700. The largest absolute Gasteiger partial charge is 0.358 e. The van der Waals surface area contributed by atoms with E-state index in [0.29, 0.717) is 4.47 Å². The number of carbonyl (C=O) groups is 1. The van der Waals surface area contributed by atoms with Crippen LogP contribution in [0.4, 0.5) is 0 Å². The summed E-state index contributed by atoms with van der Waals surface area (Å²) in [6.07, 6.45) is 1.38. The molecule has 94 valence electrons. The topological polar surface area (TPSA) is 88.2 Å². The van der Waals surface area contributed by atoms with E-state index in [0.717, 1.165) is 0 Å². The van der Waals surface area contributed by atoms with Gasteiger partial charge in [-0.2, -0.15) is 0 Å². The monoisotopic (exact) mass is 341 g/mol. The van der Waals surface area contributed by atoms with E-state index in [1.54, 1.807) is 0 Å². The number of amides is 1. The average Bonchev–Trinajstić information content (AvgIpc) is 2.29. The van der Waals surface area contributed by atoms with Crippen LogP contribution in [-0.4, -0.2) is 32.9 Å². The minimum Gasteiger partial charge on any atom is -0.358 e. The molecule has 1 heterocycles. The highest BCUT2D eigenvalue weighted by Gasteiger charge is 2.19. The molecule has 1 amide bonds. The Balaban J connectivity index is 2.97. The lowest BCUT2D eigenvalue weighted by Crippen LogP contribution is -2.35. The third-order valence-corrected chi connectivity index (χ3v) is 4.03. The van der Waals surface area contributed by atoms with Gasteiger partial charge in [0.05, 0.1) is 6.54 Å². The lowest BCUT2D eigenvalue weighted by atomic mass is 10.5. The summed E-state index contributed by atoms with van der Waals surface area (Å²) in [5, 5.41) is 2.14. The van der Waals surface area contributed by atoms with Crippen molar-refractivity contribution >= 4 is 43.5 Å². The van der Waals surface area contributed by atoms with Gasteiger partial charge in [0.25, 0.3) is 0 Å². The van der Waals surface area contributed by atoms with Crippen molar-refractivity contribution in [2.45, 2.75) is 4.90 Å². The molecule has 0 aliphatic carbocycles. The number of nitrogens with zero attached hydrogens (tertiary/aromatic N) is 1. The van der Waals surface area contributed by atoms with Crippen LogP contribution in [0.3, 0.4) is 0 Å². The highest BCUT2D eigenvalue weighted by atomic mass is 79.9. The predicted octanol–water partition coefficient (Wildman–Crippen LogP) is 0.522. The van der Waals surface area contributed by atoms with Crippen molar-refractivity contribution in [2.24, 2.45) is 0 Å². The molecule has 0 radical (unpaired) electrons. The number of likely N-dealkylation sites (N-methyl/N-ethyl adjacent to an activating group) is 1. The summed E-state index contributed by atoms with van der Waals surface area (Å²) < 4.78 is 26.2. The van der Waals surface area contributed by atoms with Crippen LogP contribution < -0.4 is 10.0 Å². The maximum absolute atomic E-state index is 11.8. The molecule has 1 rings (SSSR count). The van der Waals surface area contributed by atoms with Gasteiger partial charge in [0.2, 0.25) is 15.9 Å². The normalized spacial score (nSPS) is 11.2. The fraction of sp³-hybridized carbons (Fsp3) is 0.250. The number of nitrogens with one attached hydrogen (secondary N) is 2. The average molecular weight is 343 g/mol. The molecule has 0 fully saturated rings. The van der Waals surface area contributed by atoms with E-state index in [2.05, 4.69) is 31.0 Å². The van der Waals surface area contributed by atoms with Crippen molar-refractivity contribution < 1.29 is 13.2 Å². The van der Waals surface area contributed by atoms with E-state index in [1.807, 2.05) is 0 Å². The first kappa shape index (κ1) is 14.4. The van der Waals surface area contributed by atoms with E-state index in [9.17, 15) is 13.2 Å². The van der Waals surface area contributed by atoms with Crippen molar-refractivity contribution in [3.63, 3.8) is 0 Å². The molecule has 6 nitrogen and oxygen atoms in total. The van der Waals surface area contributed by atoms with E-state index >= 15 is 0 Å². The van der Waals surface area contributed by atoms with Crippen LogP contribution in [0.1, 0.15) is 0 Å². The fourth-order valence-corrected chi connectivity index (χ4v) is 2.84. The first-order valence-electron chi connectivity index (χ1n) is 4.38. The summed E-state index contributed by atoms with van der Waals surface area (Å²) in [5.41, 5.74) is 0. The Morgan fingerprint density at radius 1 is 1.59 bits per heavy atom. The highest BCUT2D eigenvalue weighted by molar-refractivity contribution is 9.10. The molecule has 0 saturated carbocycles. The zero-order valence-corrected chi connectivity index (χ0v) is 11.9. The number of sulfonamides is 1. The second kappa shape index (κ2) is 5.76. The van der Waals surface area contributed by atoms with E-state index in [-0.39, 0.29) is 16.6 Å². The number of aromatic nitrogens is 1. The summed E-state index contributed by atoms with van der Waals surface area (Å²) in [5.74, 6) is -0.451. The predicted molar refractivity (Wildman–Crippen MR) is 66.2 cm³/mol. The first-order valence-corrected chi connectivity index (χ1v) is 7.03. The highest BCUT2D eigenvalue weighted by Crippen LogP contribution is 2.22. The van der Waals surface area contributed by atoms with Gasteiger partial charge < -0.3 is 5.32 Å². The Morgan fingerprint density at radius 3 is 2.82 bits per heavy atom. The number of carbonyl (C=O) groups excluding carboxylic acids is 1. The summed E-state index contributed by atoms with van der Waals surface area (Å²) in [7, 11) is -2.45. The number of hydrogen-bond donors (Lipinski definition) is 2. The molecule has 1 aromatic rings. The van der Waals surface area contributed by atoms with Crippen LogP contribution in [0.2, 0.25) is 5.15 Å². The minimum atomic E-state index is -3.85. The van der Waals surface area contributed by atoms with Crippen LogP contribution >= 0.6 is 27.5 Å². The van der Waals surface area contributed by atoms with Crippen LogP contribution in [-0.2, 0) is 14.8 Å². The molecule has 0 aliphatic rings. The Morgan fingerprint density at radius 2 is 2.24 bits per heavy atom. The maximum atomic E-state index is 11.8. The molecule has 0 aromatic carbocycles. The molecule has 1 aromatic heterocycles. The molecule has 0 unspecified atom stereocenters. The molecule has 0 spiro atoms. The quantitative estimate of drug-likeness (QED) is 0.781. The van der Waals surface area contributed by atoms with Gasteiger partial charge in [-0.25, -0.2) is 18.1 Å². The number of hydrogen-bond acceptors (Lipinski definition) is 4. The maximum Gasteiger partial charge on any atom is 0.244 e. The Kier molecular flexibility index (Phi) is 4.87. The van der Waals surface area contributed by atoms with Gasteiger partial charge in [0, 0.05) is 17.7 Å². The molecule has 9 heteroatoms. The van der Waals surface area contributed by atoms with Crippen molar-refractivity contribution in [3.05, 3.63) is 21.9 Å². The molecular weight excluding hydrogens is 334 g/mol. The SMILES string of the molecule is CNC(=O)CNS(=O)(=O)c1cc(Br)cnc1Cl. The molecule has 0 saturated heterocycles. The Labute approximate surface area is 112 Å². The zero-order valence-electron chi connectivity index (χ0n) is 8.70. The van der Waals surface area contributed by atoms with Crippen molar-refractivity contribution in [1.82, 2.24) is 15.0 Å². The zero-order chi connectivity index (χ0) is 13.1. The fourth-order valence-electron chi connectivity index (χ4n) is 0.919. The van der Waals surface area contributed by atoms with Gasteiger partial charge >= 0.3 is 0 Å². The third kappa shape index (κ3) is 3.91. The minimum absolute atomic E-state index is 0.155. The standard InChI is InChI=1S/C8H9BrClN3O3S/c1-11-7(14)4-13-17(15,16)6-2-5(9)3-12-8(6)10/h2-3,13H,4H2,1H3,(H,11,14). The molecule has 0 aliphatic heterocycles. The van der Waals surface area contributed by atoms with Crippen molar-refractivity contribution in [2.75, 3.05) is 13.6 Å². The molecule has 2 N–H and O–H groups in total. The van der Waals surface area contributed by atoms with Crippen LogP contribution in [0.15, 0.2) is 21.6 Å². The smallest absolute Gasteiger partial charge is 0.244 e. The van der Waals surface area contributed by atoms with Crippen LogP contribution in [0.25, 0.3) is 0 Å².